The van der Waals surface area contributed by atoms with Gasteiger partial charge in [0.15, 0.2) is 11.5 Å². The van der Waals surface area contributed by atoms with Crippen LogP contribution in [0.4, 0.5) is 8.78 Å². The van der Waals surface area contributed by atoms with E-state index in [0.29, 0.717) is 25.1 Å². The lowest BCUT2D eigenvalue weighted by atomic mass is 10.1. The number of benzene rings is 1. The maximum Gasteiger partial charge on any atom is 0.387 e. The number of carboxylic acid groups (broad SMARTS) is 1. The molecule has 1 fully saturated rings. The predicted molar refractivity (Wildman–Crippen MR) is 93.4 cm³/mol. The summed E-state index contributed by atoms with van der Waals surface area (Å²) in [6.45, 7) is -1.98. The standard InChI is InChI=1S/C18H24F2N2O5/c1-21(11-16(23)24)13-4-3-8-22(9-7-13)17(25)12-5-6-14(27-18(19)20)15(10-12)26-2/h5-6,10,13,18H,3-4,7-9,11H2,1-2H3,(H,23,24). The number of alkyl halides is 2. The van der Waals surface area contributed by atoms with Crippen molar-refractivity contribution in [1.29, 1.82) is 0 Å². The number of aliphatic carboxylic acids is 1. The topological polar surface area (TPSA) is 79.3 Å². The first-order chi connectivity index (χ1) is 12.8. The van der Waals surface area contributed by atoms with Gasteiger partial charge in [0.2, 0.25) is 0 Å². The number of hydrogen-bond acceptors (Lipinski definition) is 5. The minimum Gasteiger partial charge on any atom is -0.493 e. The number of nitrogens with zero attached hydrogens (tertiary/aromatic N) is 2. The van der Waals surface area contributed by atoms with E-state index in [0.717, 1.165) is 12.8 Å². The average molecular weight is 386 g/mol. The lowest BCUT2D eigenvalue weighted by Crippen LogP contribution is -2.37. The van der Waals surface area contributed by atoms with Crippen LogP contribution < -0.4 is 9.47 Å². The second-order valence-corrected chi connectivity index (χ2v) is 6.43. The van der Waals surface area contributed by atoms with Crippen LogP contribution in [-0.4, -0.2) is 73.2 Å². The third-order valence-electron chi connectivity index (χ3n) is 4.62. The van der Waals surface area contributed by atoms with E-state index in [1.165, 1.54) is 25.3 Å². The second kappa shape index (κ2) is 9.50. The van der Waals surface area contributed by atoms with E-state index in [1.807, 2.05) is 0 Å². The molecule has 1 aromatic carbocycles. The Morgan fingerprint density at radius 1 is 1.30 bits per heavy atom. The zero-order valence-electron chi connectivity index (χ0n) is 15.4. The highest BCUT2D eigenvalue weighted by atomic mass is 19.3. The summed E-state index contributed by atoms with van der Waals surface area (Å²) in [6, 6.07) is 4.20. The van der Waals surface area contributed by atoms with E-state index in [9.17, 15) is 18.4 Å². The van der Waals surface area contributed by atoms with Crippen LogP contribution in [-0.2, 0) is 4.79 Å². The average Bonchev–Trinajstić information content (AvgIpc) is 2.86. The predicted octanol–water partition coefficient (Wildman–Crippen LogP) is 2.31. The highest BCUT2D eigenvalue weighted by molar-refractivity contribution is 5.95. The van der Waals surface area contributed by atoms with Crippen molar-refractivity contribution in [3.63, 3.8) is 0 Å². The molecule has 0 aliphatic carbocycles. The SMILES string of the molecule is COc1cc(C(=O)N2CCCC(N(C)CC(=O)O)CC2)ccc1OC(F)F. The van der Waals surface area contributed by atoms with E-state index in [2.05, 4.69) is 4.74 Å². The van der Waals surface area contributed by atoms with Crippen LogP contribution in [0.2, 0.25) is 0 Å². The summed E-state index contributed by atoms with van der Waals surface area (Å²) in [5.41, 5.74) is 0.325. The maximum absolute atomic E-state index is 12.8. The van der Waals surface area contributed by atoms with Crippen molar-refractivity contribution in [3.8, 4) is 11.5 Å². The Labute approximate surface area is 156 Å². The number of rotatable bonds is 7. The Kier molecular flexibility index (Phi) is 7.35. The number of amides is 1. The summed E-state index contributed by atoms with van der Waals surface area (Å²) in [7, 11) is 3.08. The molecule has 9 heteroatoms. The number of methoxy groups -OCH3 is 1. The molecule has 27 heavy (non-hydrogen) atoms. The van der Waals surface area contributed by atoms with Gasteiger partial charge in [-0.25, -0.2) is 0 Å². The van der Waals surface area contributed by atoms with Crippen LogP contribution in [0.15, 0.2) is 18.2 Å². The molecule has 1 amide bonds. The second-order valence-electron chi connectivity index (χ2n) is 6.43. The van der Waals surface area contributed by atoms with Gasteiger partial charge in [0.1, 0.15) is 0 Å². The summed E-state index contributed by atoms with van der Waals surface area (Å²) < 4.78 is 34.3. The van der Waals surface area contributed by atoms with Crippen molar-refractivity contribution in [2.45, 2.75) is 31.9 Å². The summed E-state index contributed by atoms with van der Waals surface area (Å²) >= 11 is 0. The minimum atomic E-state index is -2.98. The molecule has 1 atom stereocenters. The fraction of sp³-hybridized carbons (Fsp3) is 0.556. The normalized spacial score (nSPS) is 17.7. The Hall–Kier alpha value is -2.42. The molecule has 2 rings (SSSR count). The lowest BCUT2D eigenvalue weighted by molar-refractivity contribution is -0.138. The number of carbonyl (C=O) groups is 2. The smallest absolute Gasteiger partial charge is 0.387 e. The Bertz CT molecular complexity index is 671. The van der Waals surface area contributed by atoms with E-state index in [4.69, 9.17) is 9.84 Å². The number of likely N-dealkylation sites (N-methyl/N-ethyl adjacent to an activating group) is 1. The maximum atomic E-state index is 12.8. The van der Waals surface area contributed by atoms with Crippen LogP contribution in [0.25, 0.3) is 0 Å². The number of hydrogen-bond donors (Lipinski definition) is 1. The number of likely N-dealkylation sites (tertiary alicyclic amines) is 1. The summed E-state index contributed by atoms with van der Waals surface area (Å²) in [4.78, 5) is 27.1. The molecule has 1 aliphatic heterocycles. The van der Waals surface area contributed by atoms with Crippen molar-refractivity contribution in [2.24, 2.45) is 0 Å². The first kappa shape index (κ1) is 20.9. The third-order valence-corrected chi connectivity index (χ3v) is 4.62. The third kappa shape index (κ3) is 5.78. The fourth-order valence-electron chi connectivity index (χ4n) is 3.24. The molecule has 1 aliphatic rings. The molecule has 1 aromatic rings. The first-order valence-corrected chi connectivity index (χ1v) is 8.66. The summed E-state index contributed by atoms with van der Waals surface area (Å²) in [5, 5.41) is 8.92. The van der Waals surface area contributed by atoms with E-state index in [-0.39, 0.29) is 30.0 Å². The molecule has 1 unspecified atom stereocenters. The van der Waals surface area contributed by atoms with Gasteiger partial charge in [-0.15, -0.1) is 0 Å². The van der Waals surface area contributed by atoms with Gasteiger partial charge in [-0.2, -0.15) is 8.78 Å². The molecule has 0 aromatic heterocycles. The fourth-order valence-corrected chi connectivity index (χ4v) is 3.24. The summed E-state index contributed by atoms with van der Waals surface area (Å²) in [5.74, 6) is -1.17. The van der Waals surface area contributed by atoms with Crippen LogP contribution in [0.3, 0.4) is 0 Å². The minimum absolute atomic E-state index is 0.0403. The van der Waals surface area contributed by atoms with Gasteiger partial charge < -0.3 is 19.5 Å². The van der Waals surface area contributed by atoms with Gasteiger partial charge in [0, 0.05) is 24.7 Å². The number of carboxylic acids is 1. The van der Waals surface area contributed by atoms with Crippen LogP contribution in [0.5, 0.6) is 11.5 Å². The lowest BCUT2D eigenvalue weighted by Gasteiger charge is -2.25. The van der Waals surface area contributed by atoms with Crippen LogP contribution in [0.1, 0.15) is 29.6 Å². The van der Waals surface area contributed by atoms with Gasteiger partial charge >= 0.3 is 12.6 Å². The van der Waals surface area contributed by atoms with Gasteiger partial charge in [-0.1, -0.05) is 0 Å². The van der Waals surface area contributed by atoms with E-state index >= 15 is 0 Å². The van der Waals surface area contributed by atoms with Crippen molar-refractivity contribution in [2.75, 3.05) is 33.8 Å². The van der Waals surface area contributed by atoms with Crippen molar-refractivity contribution in [3.05, 3.63) is 23.8 Å². The van der Waals surface area contributed by atoms with E-state index < -0.39 is 12.6 Å². The molecule has 1 heterocycles. The highest BCUT2D eigenvalue weighted by Gasteiger charge is 2.25. The molecular weight excluding hydrogens is 362 g/mol. The molecule has 150 valence electrons. The largest absolute Gasteiger partial charge is 0.493 e. The molecule has 0 saturated carbocycles. The molecular formula is C18H24F2N2O5. The summed E-state index contributed by atoms with van der Waals surface area (Å²) in [6.07, 6.45) is 2.22. The molecule has 1 N–H and O–H groups in total. The first-order valence-electron chi connectivity index (χ1n) is 8.66. The van der Waals surface area contributed by atoms with E-state index in [1.54, 1.807) is 16.8 Å². The molecule has 7 nitrogen and oxygen atoms in total. The molecule has 0 bridgehead atoms. The number of halogens is 2. The highest BCUT2D eigenvalue weighted by Crippen LogP contribution is 2.30. The van der Waals surface area contributed by atoms with Gasteiger partial charge in [0.05, 0.1) is 13.7 Å². The molecule has 0 spiro atoms. The van der Waals surface area contributed by atoms with Crippen molar-refractivity contribution < 1.29 is 33.0 Å². The monoisotopic (exact) mass is 386 g/mol. The van der Waals surface area contributed by atoms with Crippen LogP contribution >= 0.6 is 0 Å². The van der Waals surface area contributed by atoms with Gasteiger partial charge in [0.25, 0.3) is 5.91 Å². The zero-order valence-corrected chi connectivity index (χ0v) is 15.4. The Morgan fingerprint density at radius 2 is 2.04 bits per heavy atom. The zero-order chi connectivity index (χ0) is 20.0. The Balaban J connectivity index is 2.06. The van der Waals surface area contributed by atoms with Crippen LogP contribution in [0, 0.1) is 0 Å². The molecule has 1 saturated heterocycles. The number of ether oxygens (including phenoxy) is 2. The van der Waals surface area contributed by atoms with Crippen molar-refractivity contribution >= 4 is 11.9 Å². The van der Waals surface area contributed by atoms with Gasteiger partial charge in [-0.3, -0.25) is 14.5 Å². The quantitative estimate of drug-likeness (QED) is 0.775. The number of carbonyl (C=O) groups excluding carboxylic acids is 1. The Morgan fingerprint density at radius 3 is 2.67 bits per heavy atom. The van der Waals surface area contributed by atoms with Gasteiger partial charge in [-0.05, 0) is 44.5 Å². The molecule has 0 radical (unpaired) electrons. The van der Waals surface area contributed by atoms with Crippen molar-refractivity contribution in [1.82, 2.24) is 9.80 Å².